The number of benzene rings is 1. The Labute approximate surface area is 180 Å². The molecule has 0 saturated heterocycles. The van der Waals surface area contributed by atoms with Gasteiger partial charge in [0.2, 0.25) is 5.91 Å². The first-order chi connectivity index (χ1) is 14.5. The van der Waals surface area contributed by atoms with Crippen LogP contribution in [0.1, 0.15) is 45.3 Å². The predicted molar refractivity (Wildman–Crippen MR) is 119 cm³/mol. The third-order valence-corrected chi connectivity index (χ3v) is 6.90. The van der Waals surface area contributed by atoms with Gasteiger partial charge in [0.25, 0.3) is 5.56 Å². The van der Waals surface area contributed by atoms with Crippen LogP contribution in [0.25, 0.3) is 10.9 Å². The molecule has 3 unspecified atom stereocenters. The van der Waals surface area contributed by atoms with Crippen molar-refractivity contribution in [2.24, 2.45) is 5.92 Å². The van der Waals surface area contributed by atoms with Gasteiger partial charge in [0.1, 0.15) is 5.76 Å². The van der Waals surface area contributed by atoms with E-state index in [9.17, 15) is 9.59 Å². The fourth-order valence-corrected chi connectivity index (χ4v) is 4.89. The first kappa shape index (κ1) is 20.7. The minimum Gasteiger partial charge on any atom is -0.467 e. The van der Waals surface area contributed by atoms with Crippen LogP contribution in [0.2, 0.25) is 0 Å². The smallest absolute Gasteiger partial charge is 0.262 e. The number of amides is 1. The Morgan fingerprint density at radius 2 is 2.07 bits per heavy atom. The maximum atomic E-state index is 13.2. The van der Waals surface area contributed by atoms with Gasteiger partial charge < -0.3 is 9.73 Å². The second-order valence-electron chi connectivity index (χ2n) is 8.02. The van der Waals surface area contributed by atoms with E-state index in [4.69, 9.17) is 9.40 Å². The van der Waals surface area contributed by atoms with E-state index in [1.807, 2.05) is 31.2 Å². The Balaban J connectivity index is 1.60. The van der Waals surface area contributed by atoms with Crippen LogP contribution in [-0.4, -0.2) is 26.8 Å². The number of aromatic nitrogens is 2. The minimum atomic E-state index is -0.366. The molecule has 0 radical (unpaired) electrons. The standard InChI is InChI=1S/C23H27N3O3S/c1-15-8-3-5-11-19(15)24-21(27)16(2)30-23-25-20-12-6-4-10-18(20)22(28)26(23)14-17-9-7-13-29-17/h4,6-7,9-10,12-13,15-16,19H,3,5,8,11,14H2,1-2H3,(H,24,27). The van der Waals surface area contributed by atoms with Gasteiger partial charge in [0.15, 0.2) is 5.16 Å². The Bertz CT molecular complexity index is 1080. The molecular formula is C23H27N3O3S. The van der Waals surface area contributed by atoms with Crippen molar-refractivity contribution in [1.29, 1.82) is 0 Å². The second kappa shape index (κ2) is 9.08. The lowest BCUT2D eigenvalue weighted by Gasteiger charge is -2.30. The number of rotatable bonds is 6. The molecule has 0 bridgehead atoms. The zero-order valence-corrected chi connectivity index (χ0v) is 18.2. The summed E-state index contributed by atoms with van der Waals surface area (Å²) in [5.41, 5.74) is 0.502. The highest BCUT2D eigenvalue weighted by Crippen LogP contribution is 2.26. The average molecular weight is 426 g/mol. The molecular weight excluding hydrogens is 398 g/mol. The summed E-state index contributed by atoms with van der Waals surface area (Å²) in [4.78, 5) is 30.7. The lowest BCUT2D eigenvalue weighted by molar-refractivity contribution is -0.121. The molecule has 1 amide bonds. The number of hydrogen-bond donors (Lipinski definition) is 1. The van der Waals surface area contributed by atoms with E-state index >= 15 is 0 Å². The zero-order chi connectivity index (χ0) is 21.1. The van der Waals surface area contributed by atoms with Gasteiger partial charge in [-0.15, -0.1) is 0 Å². The van der Waals surface area contributed by atoms with Gasteiger partial charge in [-0.25, -0.2) is 4.98 Å². The van der Waals surface area contributed by atoms with Gasteiger partial charge in [-0.05, 0) is 49.9 Å². The summed E-state index contributed by atoms with van der Waals surface area (Å²) >= 11 is 1.32. The number of nitrogens with zero attached hydrogens (tertiary/aromatic N) is 2. The summed E-state index contributed by atoms with van der Waals surface area (Å²) in [7, 11) is 0. The molecule has 7 heteroatoms. The van der Waals surface area contributed by atoms with E-state index in [1.54, 1.807) is 23.0 Å². The van der Waals surface area contributed by atoms with Crippen molar-refractivity contribution >= 4 is 28.6 Å². The van der Waals surface area contributed by atoms with Crippen LogP contribution in [0.4, 0.5) is 0 Å². The molecule has 1 aliphatic carbocycles. The lowest BCUT2D eigenvalue weighted by Crippen LogP contribution is -2.44. The second-order valence-corrected chi connectivity index (χ2v) is 9.33. The first-order valence-corrected chi connectivity index (χ1v) is 11.4. The fraction of sp³-hybridized carbons (Fsp3) is 0.435. The van der Waals surface area contributed by atoms with Crippen LogP contribution in [0.5, 0.6) is 0 Å². The van der Waals surface area contributed by atoms with Crippen molar-refractivity contribution in [3.63, 3.8) is 0 Å². The number of carbonyl (C=O) groups excluding carboxylic acids is 1. The fourth-order valence-electron chi connectivity index (χ4n) is 3.98. The molecule has 4 rings (SSSR count). The van der Waals surface area contributed by atoms with Crippen molar-refractivity contribution in [1.82, 2.24) is 14.9 Å². The Kier molecular flexibility index (Phi) is 6.27. The molecule has 1 N–H and O–H groups in total. The molecule has 1 saturated carbocycles. The van der Waals surface area contributed by atoms with E-state index in [0.29, 0.717) is 27.7 Å². The molecule has 6 nitrogen and oxygen atoms in total. The molecule has 30 heavy (non-hydrogen) atoms. The van der Waals surface area contributed by atoms with Crippen LogP contribution in [-0.2, 0) is 11.3 Å². The topological polar surface area (TPSA) is 77.1 Å². The summed E-state index contributed by atoms with van der Waals surface area (Å²) < 4.78 is 7.04. The van der Waals surface area contributed by atoms with Gasteiger partial charge in [0, 0.05) is 6.04 Å². The summed E-state index contributed by atoms with van der Waals surface area (Å²) in [6.07, 6.45) is 6.16. The molecule has 2 aromatic heterocycles. The third-order valence-electron chi connectivity index (χ3n) is 5.81. The maximum absolute atomic E-state index is 13.2. The molecule has 3 aromatic rings. The normalized spacial score (nSPS) is 20.2. The van der Waals surface area contributed by atoms with Gasteiger partial charge >= 0.3 is 0 Å². The van der Waals surface area contributed by atoms with Crippen LogP contribution < -0.4 is 10.9 Å². The molecule has 158 valence electrons. The maximum Gasteiger partial charge on any atom is 0.262 e. The van der Waals surface area contributed by atoms with Gasteiger partial charge in [-0.2, -0.15) is 0 Å². The number of carbonyl (C=O) groups is 1. The highest BCUT2D eigenvalue weighted by atomic mass is 32.2. The van der Waals surface area contributed by atoms with Crippen LogP contribution in [0.15, 0.2) is 57.0 Å². The zero-order valence-electron chi connectivity index (χ0n) is 17.3. The van der Waals surface area contributed by atoms with E-state index in [0.717, 1.165) is 19.3 Å². The predicted octanol–water partition coefficient (Wildman–Crippen LogP) is 4.21. The highest BCUT2D eigenvalue weighted by molar-refractivity contribution is 8.00. The highest BCUT2D eigenvalue weighted by Gasteiger charge is 2.26. The van der Waals surface area contributed by atoms with E-state index in [-0.39, 0.29) is 29.3 Å². The number of thioether (sulfide) groups is 1. The SMILES string of the molecule is CC(Sc1nc2ccccc2c(=O)n1Cc1ccco1)C(=O)NC1CCCCC1C. The first-order valence-electron chi connectivity index (χ1n) is 10.5. The van der Waals surface area contributed by atoms with Crippen molar-refractivity contribution in [3.05, 3.63) is 58.8 Å². The Hall–Kier alpha value is -2.54. The summed E-state index contributed by atoms with van der Waals surface area (Å²) in [6, 6.07) is 11.1. The van der Waals surface area contributed by atoms with E-state index in [2.05, 4.69) is 12.2 Å². The number of hydrogen-bond acceptors (Lipinski definition) is 5. The van der Waals surface area contributed by atoms with Gasteiger partial charge in [0.05, 0.1) is 29.0 Å². The minimum absolute atomic E-state index is 0.00861. The largest absolute Gasteiger partial charge is 0.467 e. The summed E-state index contributed by atoms with van der Waals surface area (Å²) in [5.74, 6) is 1.16. The van der Waals surface area contributed by atoms with Crippen molar-refractivity contribution < 1.29 is 9.21 Å². The molecule has 1 aliphatic rings. The van der Waals surface area contributed by atoms with Crippen LogP contribution in [0, 0.1) is 5.92 Å². The molecule has 1 fully saturated rings. The summed E-state index contributed by atoms with van der Waals surface area (Å²) in [6.45, 7) is 4.35. The quantitative estimate of drug-likeness (QED) is 0.473. The molecule has 1 aromatic carbocycles. The monoisotopic (exact) mass is 425 g/mol. The average Bonchev–Trinajstić information content (AvgIpc) is 3.26. The summed E-state index contributed by atoms with van der Waals surface area (Å²) in [5, 5.41) is 3.93. The number of fused-ring (bicyclic) bond motifs is 1. The molecule has 2 heterocycles. The van der Waals surface area contributed by atoms with Crippen LogP contribution >= 0.6 is 11.8 Å². The lowest BCUT2D eigenvalue weighted by atomic mass is 9.86. The number of furan rings is 1. The number of para-hydroxylation sites is 1. The Morgan fingerprint density at radius 3 is 2.83 bits per heavy atom. The molecule has 3 atom stereocenters. The van der Waals surface area contributed by atoms with E-state index < -0.39 is 0 Å². The van der Waals surface area contributed by atoms with Gasteiger partial charge in [-0.3, -0.25) is 14.2 Å². The van der Waals surface area contributed by atoms with Crippen molar-refractivity contribution in [2.75, 3.05) is 0 Å². The third kappa shape index (κ3) is 4.46. The molecule has 0 spiro atoms. The Morgan fingerprint density at radius 1 is 1.27 bits per heavy atom. The van der Waals surface area contributed by atoms with Crippen LogP contribution in [0.3, 0.4) is 0 Å². The van der Waals surface area contributed by atoms with E-state index in [1.165, 1.54) is 18.2 Å². The van der Waals surface area contributed by atoms with Gasteiger partial charge in [-0.1, -0.05) is 43.7 Å². The number of nitrogens with one attached hydrogen (secondary N) is 1. The molecule has 0 aliphatic heterocycles. The van der Waals surface area contributed by atoms with Crippen molar-refractivity contribution in [3.8, 4) is 0 Å². The van der Waals surface area contributed by atoms with Crippen molar-refractivity contribution in [2.45, 2.75) is 62.5 Å².